The van der Waals surface area contributed by atoms with Crippen LogP contribution in [0.25, 0.3) is 0 Å². The molecule has 2 heterocycles. The van der Waals surface area contributed by atoms with E-state index in [1.54, 1.807) is 11.1 Å². The van der Waals surface area contributed by atoms with Gasteiger partial charge in [0.1, 0.15) is 6.33 Å². The summed E-state index contributed by atoms with van der Waals surface area (Å²) in [4.78, 5) is 14.3. The average molecular weight is 445 g/mol. The van der Waals surface area contributed by atoms with Gasteiger partial charge in [-0.25, -0.2) is 9.97 Å². The summed E-state index contributed by atoms with van der Waals surface area (Å²) in [6.45, 7) is 2.64. The second-order valence-corrected chi connectivity index (χ2v) is 7.78. The van der Waals surface area contributed by atoms with E-state index in [2.05, 4.69) is 20.3 Å². The molecular formula is C23H23F4N5. The molecule has 0 aliphatic heterocycles. The van der Waals surface area contributed by atoms with Crippen LogP contribution in [0.3, 0.4) is 0 Å². The quantitative estimate of drug-likeness (QED) is 0.472. The SMILES string of the molecule is CCc1ccc(CNc2ncnc(N(Cc3ccc(C(F)(F)F)cc3)C3CC3)c2F)cn1. The highest BCUT2D eigenvalue weighted by molar-refractivity contribution is 5.53. The number of nitrogens with one attached hydrogen (secondary N) is 1. The van der Waals surface area contributed by atoms with Crippen molar-refractivity contribution >= 4 is 11.6 Å². The van der Waals surface area contributed by atoms with E-state index in [1.807, 2.05) is 19.1 Å². The minimum atomic E-state index is -4.39. The van der Waals surface area contributed by atoms with Gasteiger partial charge in [0.25, 0.3) is 0 Å². The van der Waals surface area contributed by atoms with Crippen LogP contribution in [0.5, 0.6) is 0 Å². The number of nitrogens with zero attached hydrogens (tertiary/aromatic N) is 4. The molecule has 2 aromatic heterocycles. The molecule has 1 N–H and O–H groups in total. The number of benzene rings is 1. The summed E-state index contributed by atoms with van der Waals surface area (Å²) in [5, 5.41) is 2.99. The molecule has 1 fully saturated rings. The van der Waals surface area contributed by atoms with Gasteiger partial charge in [0.05, 0.1) is 5.56 Å². The Morgan fingerprint density at radius 3 is 2.31 bits per heavy atom. The molecule has 5 nitrogen and oxygen atoms in total. The second-order valence-electron chi connectivity index (χ2n) is 7.78. The standard InChI is InChI=1S/C23H23F4N5/c1-2-18-8-5-16(11-28-18)12-29-21-20(24)22(31-14-30-21)32(19-9-10-19)13-15-3-6-17(7-4-15)23(25,26)27/h3-8,11,14,19H,2,9-10,12-13H2,1H3,(H,29,30,31). The van der Waals surface area contributed by atoms with Crippen LogP contribution >= 0.6 is 0 Å². The monoisotopic (exact) mass is 445 g/mol. The van der Waals surface area contributed by atoms with Crippen molar-refractivity contribution in [3.05, 3.63) is 77.1 Å². The number of rotatable bonds is 8. The van der Waals surface area contributed by atoms with E-state index in [4.69, 9.17) is 0 Å². The van der Waals surface area contributed by atoms with Crippen LogP contribution in [0.4, 0.5) is 29.2 Å². The first-order valence-corrected chi connectivity index (χ1v) is 10.5. The van der Waals surface area contributed by atoms with E-state index < -0.39 is 17.6 Å². The number of anilines is 2. The Kier molecular flexibility index (Phi) is 6.25. The third-order valence-corrected chi connectivity index (χ3v) is 5.37. The average Bonchev–Trinajstić information content (AvgIpc) is 3.62. The first-order valence-electron chi connectivity index (χ1n) is 10.5. The van der Waals surface area contributed by atoms with Crippen molar-refractivity contribution in [2.75, 3.05) is 10.2 Å². The summed E-state index contributed by atoms with van der Waals surface area (Å²) in [5.74, 6) is -0.360. The Bertz CT molecular complexity index is 1050. The topological polar surface area (TPSA) is 53.9 Å². The van der Waals surface area contributed by atoms with Crippen molar-refractivity contribution in [3.8, 4) is 0 Å². The van der Waals surface area contributed by atoms with Crippen LogP contribution in [0, 0.1) is 5.82 Å². The highest BCUT2D eigenvalue weighted by Gasteiger charge is 2.33. The van der Waals surface area contributed by atoms with Gasteiger partial charge in [0.15, 0.2) is 11.6 Å². The third kappa shape index (κ3) is 5.15. The maximum absolute atomic E-state index is 15.3. The van der Waals surface area contributed by atoms with Crippen LogP contribution in [0.1, 0.15) is 42.1 Å². The van der Waals surface area contributed by atoms with Gasteiger partial charge in [-0.05, 0) is 48.6 Å². The molecule has 0 bridgehead atoms. The summed E-state index contributed by atoms with van der Waals surface area (Å²) in [5.41, 5.74) is 1.82. The molecular weight excluding hydrogens is 422 g/mol. The lowest BCUT2D eigenvalue weighted by atomic mass is 10.1. The number of halogens is 4. The normalized spacial score (nSPS) is 13.8. The fourth-order valence-corrected chi connectivity index (χ4v) is 3.40. The molecule has 0 radical (unpaired) electrons. The minimum absolute atomic E-state index is 0.0765. The number of aryl methyl sites for hydroxylation is 1. The van der Waals surface area contributed by atoms with Gasteiger partial charge in [0, 0.05) is 31.0 Å². The van der Waals surface area contributed by atoms with Crippen LogP contribution in [-0.4, -0.2) is 21.0 Å². The summed E-state index contributed by atoms with van der Waals surface area (Å²) in [6, 6.07) is 8.88. The predicted molar refractivity (Wildman–Crippen MR) is 114 cm³/mol. The zero-order chi connectivity index (χ0) is 22.7. The molecule has 1 aliphatic carbocycles. The molecule has 0 saturated heterocycles. The van der Waals surface area contributed by atoms with Crippen molar-refractivity contribution in [3.63, 3.8) is 0 Å². The van der Waals surface area contributed by atoms with Gasteiger partial charge in [-0.3, -0.25) is 4.98 Å². The van der Waals surface area contributed by atoms with Gasteiger partial charge in [-0.15, -0.1) is 0 Å². The van der Waals surface area contributed by atoms with Crippen molar-refractivity contribution in [1.29, 1.82) is 0 Å². The molecule has 4 rings (SSSR count). The maximum atomic E-state index is 15.3. The smallest absolute Gasteiger partial charge is 0.363 e. The number of aromatic nitrogens is 3. The molecule has 0 spiro atoms. The lowest BCUT2D eigenvalue weighted by molar-refractivity contribution is -0.137. The molecule has 3 aromatic rings. The molecule has 1 aliphatic rings. The van der Waals surface area contributed by atoms with Gasteiger partial charge in [-0.1, -0.05) is 25.1 Å². The number of alkyl halides is 3. The largest absolute Gasteiger partial charge is 0.416 e. The maximum Gasteiger partial charge on any atom is 0.416 e. The van der Waals surface area contributed by atoms with Gasteiger partial charge in [0.2, 0.25) is 5.82 Å². The Hall–Kier alpha value is -3.23. The van der Waals surface area contributed by atoms with Crippen LogP contribution in [0.2, 0.25) is 0 Å². The molecule has 168 valence electrons. The fourth-order valence-electron chi connectivity index (χ4n) is 3.40. The zero-order valence-electron chi connectivity index (χ0n) is 17.5. The Balaban J connectivity index is 1.50. The number of hydrogen-bond acceptors (Lipinski definition) is 5. The van der Waals surface area contributed by atoms with E-state index >= 15 is 4.39 Å². The fraction of sp³-hybridized carbons (Fsp3) is 0.348. The molecule has 0 atom stereocenters. The zero-order valence-corrected chi connectivity index (χ0v) is 17.5. The van der Waals surface area contributed by atoms with E-state index in [9.17, 15) is 13.2 Å². The first-order chi connectivity index (χ1) is 15.3. The van der Waals surface area contributed by atoms with E-state index in [1.165, 1.54) is 18.5 Å². The minimum Gasteiger partial charge on any atom is -0.363 e. The molecule has 32 heavy (non-hydrogen) atoms. The van der Waals surface area contributed by atoms with Crippen molar-refractivity contribution in [2.45, 2.75) is 51.5 Å². The van der Waals surface area contributed by atoms with E-state index in [0.29, 0.717) is 12.1 Å². The molecule has 0 unspecified atom stereocenters. The lowest BCUT2D eigenvalue weighted by Gasteiger charge is -2.24. The Labute approximate surface area is 183 Å². The van der Waals surface area contributed by atoms with Gasteiger partial charge >= 0.3 is 6.18 Å². The summed E-state index contributed by atoms with van der Waals surface area (Å²) in [6.07, 6.45) is 1.24. The second kappa shape index (κ2) is 9.10. The summed E-state index contributed by atoms with van der Waals surface area (Å²) >= 11 is 0. The van der Waals surface area contributed by atoms with Crippen LogP contribution < -0.4 is 10.2 Å². The Morgan fingerprint density at radius 2 is 1.72 bits per heavy atom. The van der Waals surface area contributed by atoms with Crippen LogP contribution in [-0.2, 0) is 25.7 Å². The van der Waals surface area contributed by atoms with Crippen molar-refractivity contribution < 1.29 is 17.6 Å². The van der Waals surface area contributed by atoms with Crippen molar-refractivity contribution in [1.82, 2.24) is 15.0 Å². The highest BCUT2D eigenvalue weighted by atomic mass is 19.4. The van der Waals surface area contributed by atoms with Gasteiger partial charge < -0.3 is 10.2 Å². The lowest BCUT2D eigenvalue weighted by Crippen LogP contribution is -2.27. The number of hydrogen-bond donors (Lipinski definition) is 1. The number of pyridine rings is 1. The van der Waals surface area contributed by atoms with Gasteiger partial charge in [-0.2, -0.15) is 17.6 Å². The molecule has 0 amide bonds. The van der Waals surface area contributed by atoms with Crippen LogP contribution in [0.15, 0.2) is 48.9 Å². The summed E-state index contributed by atoms with van der Waals surface area (Å²) < 4.78 is 53.7. The van der Waals surface area contributed by atoms with E-state index in [-0.39, 0.29) is 24.2 Å². The van der Waals surface area contributed by atoms with E-state index in [0.717, 1.165) is 42.7 Å². The molecule has 9 heteroatoms. The molecule has 1 saturated carbocycles. The first kappa shape index (κ1) is 22.0. The Morgan fingerprint density at radius 1 is 1.00 bits per heavy atom. The van der Waals surface area contributed by atoms with Crippen molar-refractivity contribution in [2.24, 2.45) is 0 Å². The predicted octanol–water partition coefficient (Wildman–Crippen LogP) is 5.37. The molecule has 1 aromatic carbocycles. The summed E-state index contributed by atoms with van der Waals surface area (Å²) in [7, 11) is 0. The third-order valence-electron chi connectivity index (χ3n) is 5.37. The highest BCUT2D eigenvalue weighted by Crippen LogP contribution is 2.35.